The molecule has 1 aromatic heterocycles. The average molecular weight is 407 g/mol. The molecule has 1 aliphatic rings. The molecule has 0 saturated carbocycles. The van der Waals surface area contributed by atoms with Gasteiger partial charge in [-0.05, 0) is 53.1 Å². The molecule has 1 atom stereocenters. The minimum atomic E-state index is 0.244. The molecule has 158 valence electrons. The molecule has 7 nitrogen and oxygen atoms in total. The van der Waals surface area contributed by atoms with Crippen molar-refractivity contribution in [1.29, 1.82) is 0 Å². The Bertz CT molecular complexity index is 903. The summed E-state index contributed by atoms with van der Waals surface area (Å²) in [5.74, 6) is 1.87. The summed E-state index contributed by atoms with van der Waals surface area (Å²) in [4.78, 5) is 4.95. The molecule has 0 radical (unpaired) electrons. The Hall–Kier alpha value is -2.93. The van der Waals surface area contributed by atoms with Crippen LogP contribution in [0.15, 0.2) is 54.6 Å². The van der Waals surface area contributed by atoms with Crippen LogP contribution in [0.1, 0.15) is 30.8 Å². The van der Waals surface area contributed by atoms with Gasteiger partial charge in [0.15, 0.2) is 5.82 Å². The van der Waals surface area contributed by atoms with Gasteiger partial charge in [-0.2, -0.15) is 0 Å². The van der Waals surface area contributed by atoms with Crippen molar-refractivity contribution in [3.63, 3.8) is 0 Å². The predicted octanol–water partition coefficient (Wildman–Crippen LogP) is 3.20. The quantitative estimate of drug-likeness (QED) is 0.573. The van der Waals surface area contributed by atoms with Crippen LogP contribution in [0.4, 0.5) is 5.69 Å². The van der Waals surface area contributed by atoms with Gasteiger partial charge >= 0.3 is 0 Å². The molecule has 0 amide bonds. The molecule has 0 spiro atoms. The van der Waals surface area contributed by atoms with E-state index in [0.717, 1.165) is 57.1 Å². The summed E-state index contributed by atoms with van der Waals surface area (Å²) in [6.45, 7) is 7.00. The maximum atomic E-state index is 5.27. The summed E-state index contributed by atoms with van der Waals surface area (Å²) in [6.07, 6.45) is 1.93. The number of ether oxygens (including phenoxy) is 1. The number of piperazine rings is 1. The maximum Gasteiger partial charge on any atom is 0.168 e. The Balaban J connectivity index is 1.38. The van der Waals surface area contributed by atoms with E-state index >= 15 is 0 Å². The number of aryl methyl sites for hydroxylation is 2. The number of rotatable bonds is 8. The van der Waals surface area contributed by atoms with Gasteiger partial charge in [0.1, 0.15) is 5.75 Å². The van der Waals surface area contributed by atoms with Crippen molar-refractivity contribution >= 4 is 5.69 Å². The van der Waals surface area contributed by atoms with Crippen LogP contribution < -0.4 is 9.64 Å². The van der Waals surface area contributed by atoms with E-state index in [1.807, 2.05) is 22.9 Å². The number of tetrazole rings is 1. The molecule has 2 aromatic carbocycles. The molecule has 0 N–H and O–H groups in total. The van der Waals surface area contributed by atoms with Gasteiger partial charge in [-0.25, -0.2) is 4.68 Å². The zero-order valence-corrected chi connectivity index (χ0v) is 17.8. The molecule has 0 bridgehead atoms. The van der Waals surface area contributed by atoms with Crippen molar-refractivity contribution in [3.8, 4) is 5.75 Å². The van der Waals surface area contributed by atoms with Crippen LogP contribution >= 0.6 is 0 Å². The summed E-state index contributed by atoms with van der Waals surface area (Å²) in [6, 6.07) is 19.1. The highest BCUT2D eigenvalue weighted by atomic mass is 16.5. The fourth-order valence-corrected chi connectivity index (χ4v) is 4.18. The van der Waals surface area contributed by atoms with Crippen LogP contribution in [-0.2, 0) is 13.0 Å². The molecule has 1 saturated heterocycles. The van der Waals surface area contributed by atoms with Gasteiger partial charge in [-0.1, -0.05) is 37.3 Å². The van der Waals surface area contributed by atoms with E-state index < -0.39 is 0 Å². The lowest BCUT2D eigenvalue weighted by molar-refractivity contribution is 0.169. The second kappa shape index (κ2) is 9.71. The molecular weight excluding hydrogens is 376 g/mol. The van der Waals surface area contributed by atoms with Crippen LogP contribution in [0.2, 0.25) is 0 Å². The monoisotopic (exact) mass is 406 g/mol. The smallest absolute Gasteiger partial charge is 0.168 e. The van der Waals surface area contributed by atoms with Gasteiger partial charge in [0.25, 0.3) is 0 Å². The first-order valence-corrected chi connectivity index (χ1v) is 10.7. The second-order valence-corrected chi connectivity index (χ2v) is 7.64. The zero-order valence-electron chi connectivity index (χ0n) is 17.8. The topological polar surface area (TPSA) is 59.3 Å². The van der Waals surface area contributed by atoms with Crippen LogP contribution in [-0.4, -0.2) is 58.4 Å². The summed E-state index contributed by atoms with van der Waals surface area (Å²) in [5, 5.41) is 12.7. The van der Waals surface area contributed by atoms with Crippen molar-refractivity contribution in [2.45, 2.75) is 32.4 Å². The first-order chi connectivity index (χ1) is 14.8. The fraction of sp³-hybridized carbons (Fsp3) is 0.435. The maximum absolute atomic E-state index is 5.27. The number of hydrogen-bond donors (Lipinski definition) is 0. The van der Waals surface area contributed by atoms with Crippen molar-refractivity contribution in [1.82, 2.24) is 25.1 Å². The van der Waals surface area contributed by atoms with E-state index in [-0.39, 0.29) is 6.04 Å². The lowest BCUT2D eigenvalue weighted by Gasteiger charge is -2.39. The Morgan fingerprint density at radius 3 is 2.37 bits per heavy atom. The fourth-order valence-electron chi connectivity index (χ4n) is 4.18. The highest BCUT2D eigenvalue weighted by Gasteiger charge is 2.28. The van der Waals surface area contributed by atoms with E-state index in [4.69, 9.17) is 4.74 Å². The summed E-state index contributed by atoms with van der Waals surface area (Å²) in [7, 11) is 1.70. The minimum Gasteiger partial charge on any atom is -0.497 e. The van der Waals surface area contributed by atoms with Gasteiger partial charge in [-0.15, -0.1) is 5.10 Å². The third-order valence-electron chi connectivity index (χ3n) is 5.89. The lowest BCUT2D eigenvalue weighted by Crippen LogP contribution is -2.48. The lowest BCUT2D eigenvalue weighted by atomic mass is 10.1. The van der Waals surface area contributed by atoms with Gasteiger partial charge < -0.3 is 9.64 Å². The second-order valence-electron chi connectivity index (χ2n) is 7.64. The number of nitrogens with zero attached hydrogens (tertiary/aromatic N) is 6. The normalized spacial score (nSPS) is 15.9. The molecule has 1 fully saturated rings. The van der Waals surface area contributed by atoms with Crippen LogP contribution in [0.3, 0.4) is 0 Å². The van der Waals surface area contributed by atoms with E-state index in [1.165, 1.54) is 11.3 Å². The molecule has 4 rings (SSSR count). The average Bonchev–Trinajstić information content (AvgIpc) is 3.28. The Labute approximate surface area is 178 Å². The molecular formula is C23H30N6O. The summed E-state index contributed by atoms with van der Waals surface area (Å²) < 4.78 is 7.26. The van der Waals surface area contributed by atoms with Gasteiger partial charge in [0, 0.05) is 38.4 Å². The zero-order chi connectivity index (χ0) is 20.8. The van der Waals surface area contributed by atoms with E-state index in [9.17, 15) is 0 Å². The van der Waals surface area contributed by atoms with Crippen LogP contribution in [0.5, 0.6) is 5.75 Å². The molecule has 0 aliphatic carbocycles. The Morgan fingerprint density at radius 1 is 0.967 bits per heavy atom. The molecule has 30 heavy (non-hydrogen) atoms. The first kappa shape index (κ1) is 20.3. The van der Waals surface area contributed by atoms with E-state index in [2.05, 4.69) is 68.6 Å². The number of benzene rings is 2. The Kier molecular flexibility index (Phi) is 6.59. The molecule has 3 aromatic rings. The minimum absolute atomic E-state index is 0.244. The molecule has 1 aliphatic heterocycles. The standard InChI is InChI=1S/C23H30N6O/c1-3-22(23-24-25-26-29(23)14-13-19-7-5-4-6-8-19)28-17-15-27(16-18-28)20-9-11-21(30-2)12-10-20/h4-12,22H,3,13-18H2,1-2H3/t22-/m1/s1. The van der Waals surface area contributed by atoms with Gasteiger partial charge in [-0.3, -0.25) is 4.90 Å². The predicted molar refractivity (Wildman–Crippen MR) is 118 cm³/mol. The number of methoxy groups -OCH3 is 1. The summed E-state index contributed by atoms with van der Waals surface area (Å²) in [5.41, 5.74) is 2.55. The number of hydrogen-bond acceptors (Lipinski definition) is 6. The molecule has 0 unspecified atom stereocenters. The van der Waals surface area contributed by atoms with Crippen LogP contribution in [0, 0.1) is 0 Å². The molecule has 2 heterocycles. The molecule has 7 heteroatoms. The van der Waals surface area contributed by atoms with Crippen molar-refractivity contribution in [2.24, 2.45) is 0 Å². The van der Waals surface area contributed by atoms with Gasteiger partial charge in [0.05, 0.1) is 13.2 Å². The first-order valence-electron chi connectivity index (χ1n) is 10.7. The Morgan fingerprint density at radius 2 is 1.70 bits per heavy atom. The SMILES string of the molecule is CC[C@H](c1nnnn1CCc1ccccc1)N1CCN(c2ccc(OC)cc2)CC1. The third-order valence-corrected chi connectivity index (χ3v) is 5.89. The van der Waals surface area contributed by atoms with Crippen molar-refractivity contribution in [2.75, 3.05) is 38.2 Å². The van der Waals surface area contributed by atoms with Crippen LogP contribution in [0.25, 0.3) is 0 Å². The highest BCUT2D eigenvalue weighted by Crippen LogP contribution is 2.26. The van der Waals surface area contributed by atoms with E-state index in [1.54, 1.807) is 7.11 Å². The van der Waals surface area contributed by atoms with Gasteiger partial charge in [0.2, 0.25) is 0 Å². The van der Waals surface area contributed by atoms with E-state index in [0.29, 0.717) is 0 Å². The largest absolute Gasteiger partial charge is 0.497 e. The summed E-state index contributed by atoms with van der Waals surface area (Å²) >= 11 is 0. The van der Waals surface area contributed by atoms with Crippen molar-refractivity contribution < 1.29 is 4.74 Å². The van der Waals surface area contributed by atoms with Crippen molar-refractivity contribution in [3.05, 3.63) is 66.0 Å². The third kappa shape index (κ3) is 4.62. The number of aromatic nitrogens is 4. The number of anilines is 1. The highest BCUT2D eigenvalue weighted by molar-refractivity contribution is 5.49.